The van der Waals surface area contributed by atoms with Gasteiger partial charge < -0.3 is 10.5 Å². The lowest BCUT2D eigenvalue weighted by atomic mass is 10.0. The van der Waals surface area contributed by atoms with E-state index in [4.69, 9.17) is 10.5 Å². The molecule has 0 saturated heterocycles. The average Bonchev–Trinajstić information content (AvgIpc) is 2.41. The van der Waals surface area contributed by atoms with Gasteiger partial charge in [-0.1, -0.05) is 28.1 Å². The molecule has 0 heterocycles. The summed E-state index contributed by atoms with van der Waals surface area (Å²) in [4.78, 5) is 12.3. The van der Waals surface area contributed by atoms with E-state index in [2.05, 4.69) is 15.9 Å². The van der Waals surface area contributed by atoms with Crippen LogP contribution in [-0.2, 0) is 0 Å². The van der Waals surface area contributed by atoms with Crippen molar-refractivity contribution in [1.29, 1.82) is 0 Å². The number of ketones is 1. The predicted molar refractivity (Wildman–Crippen MR) is 75.0 cm³/mol. The molecule has 0 bridgehead atoms. The highest BCUT2D eigenvalue weighted by Crippen LogP contribution is 2.24. The van der Waals surface area contributed by atoms with Crippen molar-refractivity contribution in [3.63, 3.8) is 0 Å². The number of hydrogen-bond acceptors (Lipinski definition) is 3. The third-order valence-electron chi connectivity index (χ3n) is 2.57. The lowest BCUT2D eigenvalue weighted by Crippen LogP contribution is -2.03. The van der Waals surface area contributed by atoms with Crippen molar-refractivity contribution in [3.05, 3.63) is 58.1 Å². The number of methoxy groups -OCH3 is 1. The van der Waals surface area contributed by atoms with Crippen LogP contribution in [0.3, 0.4) is 0 Å². The minimum Gasteiger partial charge on any atom is -0.497 e. The summed E-state index contributed by atoms with van der Waals surface area (Å²) in [6.07, 6.45) is 0. The molecule has 0 amide bonds. The van der Waals surface area contributed by atoms with Crippen molar-refractivity contribution in [2.45, 2.75) is 0 Å². The van der Waals surface area contributed by atoms with Crippen LogP contribution in [0.25, 0.3) is 0 Å². The first-order valence-electron chi connectivity index (χ1n) is 5.35. The smallest absolute Gasteiger partial charge is 0.194 e. The minimum absolute atomic E-state index is 0.0897. The molecular weight excluding hydrogens is 294 g/mol. The molecule has 4 heteroatoms. The largest absolute Gasteiger partial charge is 0.497 e. The van der Waals surface area contributed by atoms with E-state index in [9.17, 15) is 4.79 Å². The Bertz CT molecular complexity index is 596. The molecule has 0 aliphatic heterocycles. The molecule has 2 aromatic carbocycles. The van der Waals surface area contributed by atoms with Crippen LogP contribution in [0.2, 0.25) is 0 Å². The van der Waals surface area contributed by atoms with Crippen molar-refractivity contribution in [3.8, 4) is 5.75 Å². The van der Waals surface area contributed by atoms with Crippen LogP contribution in [-0.4, -0.2) is 12.9 Å². The zero-order valence-corrected chi connectivity index (χ0v) is 11.4. The zero-order valence-electron chi connectivity index (χ0n) is 9.81. The maximum atomic E-state index is 12.3. The fourth-order valence-corrected chi connectivity index (χ4v) is 2.06. The summed E-state index contributed by atoms with van der Waals surface area (Å²) in [6.45, 7) is 0. The normalized spacial score (nSPS) is 10.1. The van der Waals surface area contributed by atoms with Gasteiger partial charge >= 0.3 is 0 Å². The highest BCUT2D eigenvalue weighted by molar-refractivity contribution is 9.10. The van der Waals surface area contributed by atoms with Crippen molar-refractivity contribution in [2.75, 3.05) is 12.8 Å². The Hall–Kier alpha value is -1.81. The van der Waals surface area contributed by atoms with Gasteiger partial charge in [-0.3, -0.25) is 4.79 Å². The maximum absolute atomic E-state index is 12.3. The molecule has 0 atom stereocenters. The van der Waals surface area contributed by atoms with Gasteiger partial charge in [0.05, 0.1) is 7.11 Å². The van der Waals surface area contributed by atoms with E-state index in [1.54, 1.807) is 49.6 Å². The van der Waals surface area contributed by atoms with Gasteiger partial charge in [0.15, 0.2) is 5.78 Å². The second-order valence-corrected chi connectivity index (χ2v) is 4.65. The van der Waals surface area contributed by atoms with Gasteiger partial charge in [0.25, 0.3) is 0 Å². The first-order valence-corrected chi connectivity index (χ1v) is 6.15. The first kappa shape index (κ1) is 12.6. The number of carbonyl (C=O) groups excluding carboxylic acids is 1. The molecule has 3 nitrogen and oxygen atoms in total. The molecule has 0 aromatic heterocycles. The van der Waals surface area contributed by atoms with E-state index in [-0.39, 0.29) is 5.78 Å². The zero-order chi connectivity index (χ0) is 13.1. The standard InChI is InChI=1S/C14H12BrNO2/c1-18-11-4-2-3-9(7-11)14(17)12-8-10(16)5-6-13(12)15/h2-8H,16H2,1H3. The number of rotatable bonds is 3. The molecule has 0 fully saturated rings. The van der Waals surface area contributed by atoms with Crippen LogP contribution in [0.1, 0.15) is 15.9 Å². The Morgan fingerprint density at radius 2 is 2.00 bits per heavy atom. The van der Waals surface area contributed by atoms with E-state index >= 15 is 0 Å². The van der Waals surface area contributed by atoms with Crippen molar-refractivity contribution >= 4 is 27.4 Å². The first-order chi connectivity index (χ1) is 8.61. The summed E-state index contributed by atoms with van der Waals surface area (Å²) < 4.78 is 5.83. The predicted octanol–water partition coefficient (Wildman–Crippen LogP) is 3.27. The van der Waals surface area contributed by atoms with Gasteiger partial charge in [-0.25, -0.2) is 0 Å². The van der Waals surface area contributed by atoms with Crippen LogP contribution in [0.5, 0.6) is 5.75 Å². The summed E-state index contributed by atoms with van der Waals surface area (Å²) in [5.41, 5.74) is 7.38. The maximum Gasteiger partial charge on any atom is 0.194 e. The molecule has 0 aliphatic rings. The van der Waals surface area contributed by atoms with E-state index in [0.29, 0.717) is 22.6 Å². The van der Waals surface area contributed by atoms with Crippen molar-refractivity contribution in [1.82, 2.24) is 0 Å². The number of nitrogen functional groups attached to an aromatic ring is 1. The molecule has 2 N–H and O–H groups in total. The fraction of sp³-hybridized carbons (Fsp3) is 0.0714. The van der Waals surface area contributed by atoms with Crippen molar-refractivity contribution in [2.24, 2.45) is 0 Å². The second-order valence-electron chi connectivity index (χ2n) is 3.80. The van der Waals surface area contributed by atoms with E-state index in [1.807, 2.05) is 0 Å². The molecule has 2 aromatic rings. The highest BCUT2D eigenvalue weighted by Gasteiger charge is 2.13. The molecule has 92 valence electrons. The number of carbonyl (C=O) groups is 1. The lowest BCUT2D eigenvalue weighted by molar-refractivity contribution is 0.103. The van der Waals surface area contributed by atoms with Crippen LogP contribution < -0.4 is 10.5 Å². The Balaban J connectivity index is 2.44. The number of nitrogens with two attached hydrogens (primary N) is 1. The Kier molecular flexibility index (Phi) is 3.67. The van der Waals surface area contributed by atoms with Crippen LogP contribution in [0.15, 0.2) is 46.9 Å². The third-order valence-corrected chi connectivity index (χ3v) is 3.26. The van der Waals surface area contributed by atoms with Gasteiger partial charge in [0.1, 0.15) is 5.75 Å². The SMILES string of the molecule is COc1cccc(C(=O)c2cc(N)ccc2Br)c1. The number of benzene rings is 2. The fourth-order valence-electron chi connectivity index (χ4n) is 1.64. The average molecular weight is 306 g/mol. The molecular formula is C14H12BrNO2. The lowest BCUT2D eigenvalue weighted by Gasteiger charge is -2.06. The Morgan fingerprint density at radius 1 is 1.22 bits per heavy atom. The second kappa shape index (κ2) is 5.23. The molecule has 0 unspecified atom stereocenters. The van der Waals surface area contributed by atoms with E-state index in [0.717, 1.165) is 4.47 Å². The minimum atomic E-state index is -0.0897. The van der Waals surface area contributed by atoms with Gasteiger partial charge in [0.2, 0.25) is 0 Å². The number of halogens is 1. The Morgan fingerprint density at radius 3 is 2.72 bits per heavy atom. The molecule has 2 rings (SSSR count). The molecule has 0 saturated carbocycles. The summed E-state index contributed by atoms with van der Waals surface area (Å²) in [7, 11) is 1.57. The molecule has 0 radical (unpaired) electrons. The van der Waals surface area contributed by atoms with Crippen molar-refractivity contribution < 1.29 is 9.53 Å². The Labute approximate surface area is 114 Å². The topological polar surface area (TPSA) is 52.3 Å². The van der Waals surface area contributed by atoms with Gasteiger partial charge in [0, 0.05) is 21.3 Å². The van der Waals surface area contributed by atoms with Crippen LogP contribution in [0, 0.1) is 0 Å². The monoisotopic (exact) mass is 305 g/mol. The summed E-state index contributed by atoms with van der Waals surface area (Å²) >= 11 is 3.36. The highest BCUT2D eigenvalue weighted by atomic mass is 79.9. The quantitative estimate of drug-likeness (QED) is 0.699. The number of hydrogen-bond donors (Lipinski definition) is 1. The van der Waals surface area contributed by atoms with Crippen LogP contribution in [0.4, 0.5) is 5.69 Å². The summed E-state index contributed by atoms with van der Waals surface area (Å²) in [5.74, 6) is 0.564. The van der Waals surface area contributed by atoms with Gasteiger partial charge in [-0.05, 0) is 30.3 Å². The van der Waals surface area contributed by atoms with Gasteiger partial charge in [-0.15, -0.1) is 0 Å². The molecule has 18 heavy (non-hydrogen) atoms. The van der Waals surface area contributed by atoms with E-state index in [1.165, 1.54) is 0 Å². The summed E-state index contributed by atoms with van der Waals surface area (Å²) in [6, 6.07) is 12.2. The number of anilines is 1. The number of ether oxygens (including phenoxy) is 1. The molecule has 0 spiro atoms. The summed E-state index contributed by atoms with van der Waals surface area (Å²) in [5, 5.41) is 0. The molecule has 0 aliphatic carbocycles. The van der Waals surface area contributed by atoms with E-state index < -0.39 is 0 Å². The third kappa shape index (κ3) is 2.54. The van der Waals surface area contributed by atoms with Gasteiger partial charge in [-0.2, -0.15) is 0 Å². The van der Waals surface area contributed by atoms with Crippen LogP contribution >= 0.6 is 15.9 Å².